The summed E-state index contributed by atoms with van der Waals surface area (Å²) in [6, 6.07) is 8.83. The lowest BCUT2D eigenvalue weighted by Gasteiger charge is -2.11. The topological polar surface area (TPSA) is 35.2 Å². The third-order valence-electron chi connectivity index (χ3n) is 2.59. The predicted molar refractivity (Wildman–Crippen MR) is 80.7 cm³/mol. The summed E-state index contributed by atoms with van der Waals surface area (Å²) in [5.41, 5.74) is 6.71. The Kier molecular flexibility index (Phi) is 4.67. The summed E-state index contributed by atoms with van der Waals surface area (Å²) in [7, 11) is 0. The number of ether oxygens (including phenoxy) is 1. The van der Waals surface area contributed by atoms with E-state index >= 15 is 0 Å². The molecule has 0 aromatic heterocycles. The van der Waals surface area contributed by atoms with Crippen LogP contribution in [0.25, 0.3) is 0 Å². The highest BCUT2D eigenvalue weighted by Crippen LogP contribution is 2.24. The second-order valence-corrected chi connectivity index (χ2v) is 5.40. The molecular formula is C14H10BrF2NOS. The lowest BCUT2D eigenvalue weighted by molar-refractivity contribution is 0.304. The molecule has 0 aliphatic rings. The summed E-state index contributed by atoms with van der Waals surface area (Å²) in [5, 5.41) is 0. The first-order chi connectivity index (χ1) is 9.47. The van der Waals surface area contributed by atoms with Crippen LogP contribution in [-0.2, 0) is 6.61 Å². The SMILES string of the molecule is NC(=S)c1cc(Br)ccc1OCc1ccc(F)c(F)c1. The number of hydrogen-bond acceptors (Lipinski definition) is 2. The van der Waals surface area contributed by atoms with Crippen molar-refractivity contribution in [3.63, 3.8) is 0 Å². The third kappa shape index (κ3) is 3.52. The number of thiocarbonyl (C=S) groups is 1. The van der Waals surface area contributed by atoms with Crippen molar-refractivity contribution < 1.29 is 13.5 Å². The minimum Gasteiger partial charge on any atom is -0.488 e. The first-order valence-electron chi connectivity index (χ1n) is 5.63. The maximum absolute atomic E-state index is 13.1. The van der Waals surface area contributed by atoms with Crippen molar-refractivity contribution in [2.75, 3.05) is 0 Å². The maximum Gasteiger partial charge on any atom is 0.159 e. The number of hydrogen-bond donors (Lipinski definition) is 1. The fourth-order valence-electron chi connectivity index (χ4n) is 1.61. The molecule has 0 fully saturated rings. The number of benzene rings is 2. The van der Waals surface area contributed by atoms with Crippen LogP contribution in [0, 0.1) is 11.6 Å². The van der Waals surface area contributed by atoms with Crippen molar-refractivity contribution >= 4 is 33.1 Å². The molecule has 2 aromatic carbocycles. The number of rotatable bonds is 4. The summed E-state index contributed by atoms with van der Waals surface area (Å²) in [6.07, 6.45) is 0. The molecule has 0 unspecified atom stereocenters. The van der Waals surface area contributed by atoms with Crippen LogP contribution in [0.4, 0.5) is 8.78 Å². The molecule has 0 spiro atoms. The standard InChI is InChI=1S/C14H10BrF2NOS/c15-9-2-4-13(10(6-9)14(18)20)19-7-8-1-3-11(16)12(17)5-8/h1-6H,7H2,(H2,18,20). The summed E-state index contributed by atoms with van der Waals surface area (Å²) in [5.74, 6) is -1.30. The molecule has 0 saturated heterocycles. The summed E-state index contributed by atoms with van der Waals surface area (Å²) < 4.78 is 32.3. The van der Waals surface area contributed by atoms with Gasteiger partial charge in [-0.25, -0.2) is 8.78 Å². The van der Waals surface area contributed by atoms with E-state index in [1.807, 2.05) is 0 Å². The van der Waals surface area contributed by atoms with Crippen LogP contribution in [0.5, 0.6) is 5.75 Å². The van der Waals surface area contributed by atoms with Gasteiger partial charge >= 0.3 is 0 Å². The Hall–Kier alpha value is -1.53. The lowest BCUT2D eigenvalue weighted by Crippen LogP contribution is -2.11. The van der Waals surface area contributed by atoms with Crippen LogP contribution < -0.4 is 10.5 Å². The van der Waals surface area contributed by atoms with E-state index in [4.69, 9.17) is 22.7 Å². The van der Waals surface area contributed by atoms with Crippen molar-refractivity contribution in [1.29, 1.82) is 0 Å². The first-order valence-corrected chi connectivity index (χ1v) is 6.83. The van der Waals surface area contributed by atoms with Gasteiger partial charge < -0.3 is 10.5 Å². The van der Waals surface area contributed by atoms with E-state index in [0.29, 0.717) is 16.9 Å². The second kappa shape index (κ2) is 6.28. The molecule has 0 aliphatic carbocycles. The molecule has 2 nitrogen and oxygen atoms in total. The largest absolute Gasteiger partial charge is 0.488 e. The molecule has 0 bridgehead atoms. The monoisotopic (exact) mass is 357 g/mol. The zero-order chi connectivity index (χ0) is 14.7. The van der Waals surface area contributed by atoms with E-state index in [1.165, 1.54) is 6.07 Å². The van der Waals surface area contributed by atoms with Crippen LogP contribution in [0.1, 0.15) is 11.1 Å². The molecule has 0 amide bonds. The summed E-state index contributed by atoms with van der Waals surface area (Å²) in [4.78, 5) is 0.201. The van der Waals surface area contributed by atoms with Crippen molar-refractivity contribution in [2.45, 2.75) is 6.61 Å². The molecule has 0 saturated carbocycles. The van der Waals surface area contributed by atoms with Crippen LogP contribution in [0.2, 0.25) is 0 Å². The minimum atomic E-state index is -0.906. The van der Waals surface area contributed by atoms with E-state index in [2.05, 4.69) is 15.9 Å². The number of nitrogens with two attached hydrogens (primary N) is 1. The fourth-order valence-corrected chi connectivity index (χ4v) is 2.13. The first kappa shape index (κ1) is 14.9. The Morgan fingerprint density at radius 1 is 1.15 bits per heavy atom. The van der Waals surface area contributed by atoms with Crippen molar-refractivity contribution in [2.24, 2.45) is 5.73 Å². The molecule has 2 N–H and O–H groups in total. The summed E-state index contributed by atoms with van der Waals surface area (Å²) >= 11 is 8.26. The van der Waals surface area contributed by atoms with Crippen LogP contribution >= 0.6 is 28.1 Å². The van der Waals surface area contributed by atoms with E-state index in [-0.39, 0.29) is 11.6 Å². The van der Waals surface area contributed by atoms with Gasteiger partial charge in [-0.3, -0.25) is 0 Å². The van der Waals surface area contributed by atoms with Gasteiger partial charge in [0.1, 0.15) is 17.3 Å². The summed E-state index contributed by atoms with van der Waals surface area (Å²) in [6.45, 7) is 0.0917. The predicted octanol–water partition coefficient (Wildman–Crippen LogP) is 3.94. The Bertz CT molecular complexity index is 664. The number of halogens is 3. The zero-order valence-electron chi connectivity index (χ0n) is 10.2. The average Bonchev–Trinajstić information content (AvgIpc) is 2.41. The van der Waals surface area contributed by atoms with Gasteiger partial charge in [-0.15, -0.1) is 0 Å². The maximum atomic E-state index is 13.1. The zero-order valence-corrected chi connectivity index (χ0v) is 12.6. The van der Waals surface area contributed by atoms with Gasteiger partial charge in [-0.2, -0.15) is 0 Å². The van der Waals surface area contributed by atoms with E-state index in [0.717, 1.165) is 16.6 Å². The van der Waals surface area contributed by atoms with Gasteiger partial charge in [0.2, 0.25) is 0 Å². The Balaban J connectivity index is 2.18. The van der Waals surface area contributed by atoms with Gasteiger partial charge in [-0.05, 0) is 35.9 Å². The Morgan fingerprint density at radius 2 is 1.90 bits per heavy atom. The molecule has 104 valence electrons. The van der Waals surface area contributed by atoms with Crippen LogP contribution in [0.15, 0.2) is 40.9 Å². The van der Waals surface area contributed by atoms with E-state index in [1.54, 1.807) is 18.2 Å². The average molecular weight is 358 g/mol. The van der Waals surface area contributed by atoms with Gasteiger partial charge in [0, 0.05) is 4.47 Å². The van der Waals surface area contributed by atoms with Gasteiger partial charge in [0.15, 0.2) is 11.6 Å². The highest BCUT2D eigenvalue weighted by molar-refractivity contribution is 9.10. The molecular weight excluding hydrogens is 348 g/mol. The molecule has 2 rings (SSSR count). The van der Waals surface area contributed by atoms with E-state index < -0.39 is 11.6 Å². The normalized spacial score (nSPS) is 10.3. The van der Waals surface area contributed by atoms with Crippen LogP contribution in [0.3, 0.4) is 0 Å². The fraction of sp³-hybridized carbons (Fsp3) is 0.0714. The highest BCUT2D eigenvalue weighted by atomic mass is 79.9. The van der Waals surface area contributed by atoms with Gasteiger partial charge in [0.25, 0.3) is 0 Å². The highest BCUT2D eigenvalue weighted by Gasteiger charge is 2.09. The lowest BCUT2D eigenvalue weighted by atomic mass is 10.2. The van der Waals surface area contributed by atoms with Crippen LogP contribution in [-0.4, -0.2) is 4.99 Å². The van der Waals surface area contributed by atoms with E-state index in [9.17, 15) is 8.78 Å². The molecule has 2 aromatic rings. The second-order valence-electron chi connectivity index (χ2n) is 4.04. The molecule has 0 atom stereocenters. The molecule has 0 aliphatic heterocycles. The smallest absolute Gasteiger partial charge is 0.159 e. The van der Waals surface area contributed by atoms with Crippen molar-refractivity contribution in [3.8, 4) is 5.75 Å². The Labute approximate surface area is 128 Å². The molecule has 0 heterocycles. The van der Waals surface area contributed by atoms with Gasteiger partial charge in [-0.1, -0.05) is 34.2 Å². The Morgan fingerprint density at radius 3 is 2.55 bits per heavy atom. The quantitative estimate of drug-likeness (QED) is 0.841. The molecule has 20 heavy (non-hydrogen) atoms. The van der Waals surface area contributed by atoms with Gasteiger partial charge in [0.05, 0.1) is 5.56 Å². The third-order valence-corrected chi connectivity index (χ3v) is 3.30. The molecule has 0 radical (unpaired) electrons. The van der Waals surface area contributed by atoms with Crippen molar-refractivity contribution in [3.05, 3.63) is 63.6 Å². The molecule has 6 heteroatoms. The minimum absolute atomic E-state index is 0.0917. The van der Waals surface area contributed by atoms with Crippen molar-refractivity contribution in [1.82, 2.24) is 0 Å².